The second-order valence-electron chi connectivity index (χ2n) is 2.58. The van der Waals surface area contributed by atoms with Crippen LogP contribution in [0, 0.1) is 0 Å². The Kier molecular flexibility index (Phi) is 1.94. The molecule has 72 valence electrons. The van der Waals surface area contributed by atoms with E-state index >= 15 is 0 Å². The zero-order chi connectivity index (χ0) is 9.97. The predicted molar refractivity (Wildman–Crippen MR) is 42.6 cm³/mol. The van der Waals surface area contributed by atoms with Crippen LogP contribution in [0.25, 0.3) is 5.95 Å². The summed E-state index contributed by atoms with van der Waals surface area (Å²) in [6.07, 6.45) is 2.92. The standard InChI is InChI=1S/C6H6N6O2/c13-5(14)1-4-2-7-12(3-4)6-8-10-11-9-6/h2-3H,1H2,(H,13,14)(H,8,9,10,11). The number of rotatable bonds is 3. The van der Waals surface area contributed by atoms with Gasteiger partial charge in [0.1, 0.15) is 0 Å². The molecular formula is C6H6N6O2. The highest BCUT2D eigenvalue weighted by Crippen LogP contribution is 2.02. The molecule has 0 atom stereocenters. The minimum Gasteiger partial charge on any atom is -0.481 e. The van der Waals surface area contributed by atoms with Crippen LogP contribution in [0.1, 0.15) is 5.56 Å². The van der Waals surface area contributed by atoms with E-state index in [2.05, 4.69) is 25.7 Å². The third kappa shape index (κ3) is 1.58. The molecule has 8 heteroatoms. The Morgan fingerprint density at radius 1 is 1.64 bits per heavy atom. The zero-order valence-corrected chi connectivity index (χ0v) is 6.95. The third-order valence-electron chi connectivity index (χ3n) is 1.53. The molecule has 14 heavy (non-hydrogen) atoms. The van der Waals surface area contributed by atoms with Gasteiger partial charge in [0.05, 0.1) is 12.6 Å². The topological polar surface area (TPSA) is 110 Å². The molecule has 0 radical (unpaired) electrons. The van der Waals surface area contributed by atoms with Gasteiger partial charge in [0, 0.05) is 11.8 Å². The fourth-order valence-electron chi connectivity index (χ4n) is 0.989. The van der Waals surface area contributed by atoms with Crippen LogP contribution in [0.15, 0.2) is 12.4 Å². The summed E-state index contributed by atoms with van der Waals surface area (Å²) in [5.74, 6) is -0.626. The average molecular weight is 194 g/mol. The molecule has 0 amide bonds. The first kappa shape index (κ1) is 8.35. The zero-order valence-electron chi connectivity index (χ0n) is 6.95. The highest BCUT2D eigenvalue weighted by atomic mass is 16.4. The number of nitrogens with zero attached hydrogens (tertiary/aromatic N) is 5. The Balaban J connectivity index is 2.22. The number of carboxylic acid groups (broad SMARTS) is 1. The molecule has 2 heterocycles. The Bertz CT molecular complexity index is 433. The van der Waals surface area contributed by atoms with E-state index in [0.717, 1.165) is 0 Å². The van der Waals surface area contributed by atoms with Crippen molar-refractivity contribution in [3.05, 3.63) is 18.0 Å². The number of aromatic amines is 1. The van der Waals surface area contributed by atoms with Crippen molar-refractivity contribution in [2.45, 2.75) is 6.42 Å². The second-order valence-corrected chi connectivity index (χ2v) is 2.58. The van der Waals surface area contributed by atoms with Crippen LogP contribution < -0.4 is 0 Å². The third-order valence-corrected chi connectivity index (χ3v) is 1.53. The van der Waals surface area contributed by atoms with E-state index in [1.807, 2.05) is 0 Å². The summed E-state index contributed by atoms with van der Waals surface area (Å²) >= 11 is 0. The van der Waals surface area contributed by atoms with Crippen LogP contribution in [0.5, 0.6) is 0 Å². The lowest BCUT2D eigenvalue weighted by Gasteiger charge is -1.89. The Morgan fingerprint density at radius 2 is 2.50 bits per heavy atom. The van der Waals surface area contributed by atoms with Crippen molar-refractivity contribution in [1.29, 1.82) is 0 Å². The van der Waals surface area contributed by atoms with Crippen molar-refractivity contribution in [1.82, 2.24) is 30.4 Å². The van der Waals surface area contributed by atoms with E-state index in [9.17, 15) is 4.79 Å². The van der Waals surface area contributed by atoms with Crippen molar-refractivity contribution in [3.63, 3.8) is 0 Å². The molecule has 0 saturated carbocycles. The van der Waals surface area contributed by atoms with E-state index in [0.29, 0.717) is 5.56 Å². The van der Waals surface area contributed by atoms with Gasteiger partial charge in [-0.2, -0.15) is 10.3 Å². The maximum Gasteiger partial charge on any atom is 0.307 e. The van der Waals surface area contributed by atoms with Crippen molar-refractivity contribution >= 4 is 5.97 Å². The smallest absolute Gasteiger partial charge is 0.307 e. The van der Waals surface area contributed by atoms with Crippen LogP contribution in [0.2, 0.25) is 0 Å². The summed E-state index contributed by atoms with van der Waals surface area (Å²) in [6.45, 7) is 0. The van der Waals surface area contributed by atoms with Crippen LogP contribution in [-0.2, 0) is 11.2 Å². The van der Waals surface area contributed by atoms with Crippen molar-refractivity contribution in [3.8, 4) is 5.95 Å². The summed E-state index contributed by atoms with van der Waals surface area (Å²) in [7, 11) is 0. The van der Waals surface area contributed by atoms with Gasteiger partial charge in [-0.1, -0.05) is 5.10 Å². The average Bonchev–Trinajstić information content (AvgIpc) is 2.69. The molecule has 8 nitrogen and oxygen atoms in total. The summed E-state index contributed by atoms with van der Waals surface area (Å²) in [4.78, 5) is 10.4. The largest absolute Gasteiger partial charge is 0.481 e. The van der Waals surface area contributed by atoms with Gasteiger partial charge in [-0.25, -0.2) is 4.68 Å². The predicted octanol–water partition coefficient (Wildman–Crippen LogP) is -0.988. The summed E-state index contributed by atoms with van der Waals surface area (Å²) in [6, 6.07) is 0. The lowest BCUT2D eigenvalue weighted by atomic mass is 10.3. The van der Waals surface area contributed by atoms with Gasteiger partial charge in [0.2, 0.25) is 0 Å². The minimum atomic E-state index is -0.905. The van der Waals surface area contributed by atoms with Crippen molar-refractivity contribution in [2.75, 3.05) is 0 Å². The molecule has 2 aromatic heterocycles. The molecular weight excluding hydrogens is 188 g/mol. The number of aliphatic carboxylic acids is 1. The van der Waals surface area contributed by atoms with Crippen LogP contribution >= 0.6 is 0 Å². The van der Waals surface area contributed by atoms with Crippen LogP contribution in [0.3, 0.4) is 0 Å². The highest BCUT2D eigenvalue weighted by Gasteiger charge is 2.06. The Hall–Kier alpha value is -2.25. The quantitative estimate of drug-likeness (QED) is 0.649. The molecule has 0 saturated heterocycles. The molecule has 0 aliphatic carbocycles. The fraction of sp³-hybridized carbons (Fsp3) is 0.167. The van der Waals surface area contributed by atoms with E-state index in [1.165, 1.54) is 10.9 Å². The van der Waals surface area contributed by atoms with Crippen molar-refractivity contribution in [2.24, 2.45) is 0 Å². The van der Waals surface area contributed by atoms with Gasteiger partial charge in [0.25, 0.3) is 5.95 Å². The molecule has 0 spiro atoms. The first-order valence-electron chi connectivity index (χ1n) is 3.75. The fourth-order valence-corrected chi connectivity index (χ4v) is 0.989. The number of carbonyl (C=O) groups is 1. The first-order valence-corrected chi connectivity index (χ1v) is 3.75. The van der Waals surface area contributed by atoms with Crippen LogP contribution in [-0.4, -0.2) is 41.5 Å². The summed E-state index contributed by atoms with van der Waals surface area (Å²) in [5, 5.41) is 25.4. The lowest BCUT2D eigenvalue weighted by Crippen LogP contribution is -1.99. The van der Waals surface area contributed by atoms with Crippen molar-refractivity contribution < 1.29 is 9.90 Å². The van der Waals surface area contributed by atoms with Gasteiger partial charge in [-0.3, -0.25) is 4.79 Å². The maximum absolute atomic E-state index is 10.4. The Labute approximate surface area is 77.6 Å². The molecule has 0 aromatic carbocycles. The Morgan fingerprint density at radius 3 is 3.14 bits per heavy atom. The molecule has 0 aliphatic rings. The van der Waals surface area contributed by atoms with Gasteiger partial charge in [0.15, 0.2) is 0 Å². The van der Waals surface area contributed by atoms with E-state index in [4.69, 9.17) is 5.11 Å². The normalized spacial score (nSPS) is 10.3. The number of carboxylic acids is 1. The molecule has 2 aromatic rings. The lowest BCUT2D eigenvalue weighted by molar-refractivity contribution is -0.136. The number of hydrogen-bond acceptors (Lipinski definition) is 5. The maximum atomic E-state index is 10.4. The van der Waals surface area contributed by atoms with E-state index < -0.39 is 5.97 Å². The van der Waals surface area contributed by atoms with Gasteiger partial charge < -0.3 is 5.11 Å². The molecule has 2 rings (SSSR count). The number of hydrogen-bond donors (Lipinski definition) is 2. The second kappa shape index (κ2) is 3.24. The number of nitrogens with one attached hydrogen (secondary N) is 1. The minimum absolute atomic E-state index is 0.0716. The summed E-state index contributed by atoms with van der Waals surface area (Å²) in [5.41, 5.74) is 0.585. The number of tetrazole rings is 1. The highest BCUT2D eigenvalue weighted by molar-refractivity contribution is 5.69. The van der Waals surface area contributed by atoms with E-state index in [-0.39, 0.29) is 12.4 Å². The molecule has 0 aliphatic heterocycles. The number of H-pyrrole nitrogens is 1. The van der Waals surface area contributed by atoms with E-state index in [1.54, 1.807) is 6.20 Å². The van der Waals surface area contributed by atoms with Gasteiger partial charge >= 0.3 is 5.97 Å². The van der Waals surface area contributed by atoms with Gasteiger partial charge in [-0.15, -0.1) is 5.10 Å². The van der Waals surface area contributed by atoms with Crippen LogP contribution in [0.4, 0.5) is 0 Å². The number of aromatic nitrogens is 6. The molecule has 0 fully saturated rings. The molecule has 2 N–H and O–H groups in total. The van der Waals surface area contributed by atoms with Gasteiger partial charge in [-0.05, 0) is 5.21 Å². The molecule has 0 unspecified atom stereocenters. The SMILES string of the molecule is O=C(O)Cc1cnn(-c2nn[nH]n2)c1. The first-order chi connectivity index (χ1) is 6.75. The molecule has 0 bridgehead atoms. The summed E-state index contributed by atoms with van der Waals surface area (Å²) < 4.78 is 1.35. The monoisotopic (exact) mass is 194 g/mol.